The third-order valence-corrected chi connectivity index (χ3v) is 6.13. The van der Waals surface area contributed by atoms with E-state index in [2.05, 4.69) is 157 Å². The zero-order chi connectivity index (χ0) is 23.3. The summed E-state index contributed by atoms with van der Waals surface area (Å²) in [6.45, 7) is 2.13. The summed E-state index contributed by atoms with van der Waals surface area (Å²) < 4.78 is 0. The van der Waals surface area contributed by atoms with Gasteiger partial charge in [0.15, 0.2) is 0 Å². The maximum Gasteiger partial charge on any atom is 0.0463 e. The highest BCUT2D eigenvalue weighted by Crippen LogP contribution is 2.36. The predicted molar refractivity (Wildman–Crippen MR) is 146 cm³/mol. The third-order valence-electron chi connectivity index (χ3n) is 6.13. The fraction of sp³-hybridized carbons (Fsp3) is 0.0625. The number of anilines is 5. The van der Waals surface area contributed by atoms with Crippen molar-refractivity contribution in [2.45, 2.75) is 6.92 Å². The van der Waals surface area contributed by atoms with Crippen molar-refractivity contribution in [1.29, 1.82) is 0 Å². The Kier molecular flexibility index (Phi) is 6.13. The fourth-order valence-electron chi connectivity index (χ4n) is 4.27. The van der Waals surface area contributed by atoms with Gasteiger partial charge in [-0.1, -0.05) is 72.8 Å². The van der Waals surface area contributed by atoms with Crippen LogP contribution in [0.15, 0.2) is 133 Å². The van der Waals surface area contributed by atoms with Crippen LogP contribution in [0.25, 0.3) is 11.1 Å². The molecule has 0 amide bonds. The van der Waals surface area contributed by atoms with Gasteiger partial charge in [-0.15, -0.1) is 0 Å². The number of hydrogen-bond donors (Lipinski definition) is 0. The van der Waals surface area contributed by atoms with Gasteiger partial charge in [-0.3, -0.25) is 0 Å². The first-order valence-electron chi connectivity index (χ1n) is 11.6. The zero-order valence-electron chi connectivity index (χ0n) is 19.6. The van der Waals surface area contributed by atoms with Crippen LogP contribution >= 0.6 is 0 Å². The number of rotatable bonds is 6. The highest BCUT2D eigenvalue weighted by Gasteiger charge is 2.13. The van der Waals surface area contributed by atoms with Gasteiger partial charge < -0.3 is 9.80 Å². The van der Waals surface area contributed by atoms with Crippen molar-refractivity contribution in [3.8, 4) is 11.1 Å². The Bertz CT molecular complexity index is 1340. The lowest BCUT2D eigenvalue weighted by molar-refractivity contribution is 1.20. The van der Waals surface area contributed by atoms with Crippen molar-refractivity contribution in [2.75, 3.05) is 16.8 Å². The molecule has 5 aromatic carbocycles. The van der Waals surface area contributed by atoms with Crippen molar-refractivity contribution >= 4 is 28.4 Å². The Morgan fingerprint density at radius 1 is 0.412 bits per heavy atom. The molecule has 0 fully saturated rings. The molecule has 0 N–H and O–H groups in total. The Balaban J connectivity index is 1.48. The molecule has 0 unspecified atom stereocenters. The van der Waals surface area contributed by atoms with Crippen molar-refractivity contribution in [2.24, 2.45) is 0 Å². The van der Waals surface area contributed by atoms with E-state index in [1.807, 2.05) is 0 Å². The van der Waals surface area contributed by atoms with Crippen LogP contribution in [0.2, 0.25) is 0 Å². The summed E-state index contributed by atoms with van der Waals surface area (Å²) >= 11 is 0. The summed E-state index contributed by atoms with van der Waals surface area (Å²) in [6, 6.07) is 47.1. The molecule has 0 aromatic heterocycles. The molecule has 0 aliphatic rings. The minimum atomic E-state index is 1.13. The predicted octanol–water partition coefficient (Wildman–Crippen LogP) is 8.90. The van der Waals surface area contributed by atoms with Crippen LogP contribution in [0.1, 0.15) is 5.56 Å². The van der Waals surface area contributed by atoms with Gasteiger partial charge in [-0.25, -0.2) is 0 Å². The molecule has 0 saturated carbocycles. The SMILES string of the molecule is Cc1cccc(N(C)c2ccc(N(c3ccccc3)c3ccc(-c4ccccc4)cc3)cc2)c1. The van der Waals surface area contributed by atoms with E-state index in [-0.39, 0.29) is 0 Å². The monoisotopic (exact) mass is 440 g/mol. The molecular formula is C32H28N2. The number of nitrogens with zero attached hydrogens (tertiary/aromatic N) is 2. The first kappa shape index (κ1) is 21.5. The van der Waals surface area contributed by atoms with Crippen LogP contribution in [0.5, 0.6) is 0 Å². The van der Waals surface area contributed by atoms with E-state index in [0.29, 0.717) is 0 Å². The second kappa shape index (κ2) is 9.68. The van der Waals surface area contributed by atoms with Crippen molar-refractivity contribution in [3.63, 3.8) is 0 Å². The van der Waals surface area contributed by atoms with E-state index in [1.165, 1.54) is 22.4 Å². The van der Waals surface area contributed by atoms with Crippen LogP contribution in [0.4, 0.5) is 28.4 Å². The molecule has 0 bridgehead atoms. The lowest BCUT2D eigenvalue weighted by atomic mass is 10.0. The topological polar surface area (TPSA) is 6.48 Å². The number of para-hydroxylation sites is 1. The quantitative estimate of drug-likeness (QED) is 0.260. The van der Waals surface area contributed by atoms with Crippen molar-refractivity contribution in [3.05, 3.63) is 139 Å². The van der Waals surface area contributed by atoms with Crippen LogP contribution in [-0.2, 0) is 0 Å². The molecule has 0 radical (unpaired) electrons. The molecule has 0 aliphatic heterocycles. The summed E-state index contributed by atoms with van der Waals surface area (Å²) in [7, 11) is 2.11. The van der Waals surface area contributed by atoms with E-state index >= 15 is 0 Å². The lowest BCUT2D eigenvalue weighted by Gasteiger charge is -2.27. The molecule has 0 heterocycles. The molecule has 0 aliphatic carbocycles. The first-order chi connectivity index (χ1) is 16.7. The maximum absolute atomic E-state index is 2.30. The smallest absolute Gasteiger partial charge is 0.0463 e. The van der Waals surface area contributed by atoms with Crippen molar-refractivity contribution in [1.82, 2.24) is 0 Å². The van der Waals surface area contributed by atoms with Gasteiger partial charge in [0.25, 0.3) is 0 Å². The summed E-state index contributed by atoms with van der Waals surface area (Å²) in [5, 5.41) is 0. The standard InChI is InChI=1S/C32H28N2/c1-25-10-9-15-32(24-25)33(2)28-20-22-31(23-21-28)34(29-13-7-4-8-14-29)30-18-16-27(17-19-30)26-11-5-3-6-12-26/h3-24H,1-2H3. The summed E-state index contributed by atoms with van der Waals surface area (Å²) in [4.78, 5) is 4.52. The maximum atomic E-state index is 2.30. The molecule has 34 heavy (non-hydrogen) atoms. The average Bonchev–Trinajstić information content (AvgIpc) is 2.90. The molecule has 2 nitrogen and oxygen atoms in total. The van der Waals surface area contributed by atoms with E-state index in [9.17, 15) is 0 Å². The molecule has 5 rings (SSSR count). The molecule has 2 heteroatoms. The molecular weight excluding hydrogens is 412 g/mol. The average molecular weight is 441 g/mol. The largest absolute Gasteiger partial charge is 0.345 e. The van der Waals surface area contributed by atoms with E-state index < -0.39 is 0 Å². The molecule has 0 spiro atoms. The highest BCUT2D eigenvalue weighted by atomic mass is 15.1. The van der Waals surface area contributed by atoms with Gasteiger partial charge in [0, 0.05) is 35.5 Å². The lowest BCUT2D eigenvalue weighted by Crippen LogP contribution is -2.12. The Morgan fingerprint density at radius 2 is 0.882 bits per heavy atom. The minimum absolute atomic E-state index is 1.13. The normalized spacial score (nSPS) is 10.6. The van der Waals surface area contributed by atoms with Crippen LogP contribution < -0.4 is 9.80 Å². The van der Waals surface area contributed by atoms with Gasteiger partial charge in [0.2, 0.25) is 0 Å². The van der Waals surface area contributed by atoms with Crippen LogP contribution in [0.3, 0.4) is 0 Å². The third kappa shape index (κ3) is 4.57. The Morgan fingerprint density at radius 3 is 1.50 bits per heavy atom. The van der Waals surface area contributed by atoms with Gasteiger partial charge in [0.05, 0.1) is 0 Å². The Labute approximate surface area is 202 Å². The molecule has 166 valence electrons. The minimum Gasteiger partial charge on any atom is -0.345 e. The fourth-order valence-corrected chi connectivity index (χ4v) is 4.27. The highest BCUT2D eigenvalue weighted by molar-refractivity contribution is 5.79. The van der Waals surface area contributed by atoms with Gasteiger partial charge in [0.1, 0.15) is 0 Å². The van der Waals surface area contributed by atoms with Gasteiger partial charge in [-0.05, 0) is 84.3 Å². The van der Waals surface area contributed by atoms with Gasteiger partial charge >= 0.3 is 0 Å². The van der Waals surface area contributed by atoms with E-state index in [1.54, 1.807) is 0 Å². The molecule has 0 saturated heterocycles. The zero-order valence-corrected chi connectivity index (χ0v) is 19.6. The van der Waals surface area contributed by atoms with Crippen LogP contribution in [0, 0.1) is 6.92 Å². The second-order valence-corrected chi connectivity index (χ2v) is 8.50. The number of benzene rings is 5. The Hall–Kier alpha value is -4.30. The van der Waals surface area contributed by atoms with Crippen LogP contribution in [-0.4, -0.2) is 7.05 Å². The number of hydrogen-bond acceptors (Lipinski definition) is 2. The number of aryl methyl sites for hydroxylation is 1. The van der Waals surface area contributed by atoms with Gasteiger partial charge in [-0.2, -0.15) is 0 Å². The summed E-state index contributed by atoms with van der Waals surface area (Å²) in [6.07, 6.45) is 0. The van der Waals surface area contributed by atoms with E-state index in [0.717, 1.165) is 22.7 Å². The van der Waals surface area contributed by atoms with E-state index in [4.69, 9.17) is 0 Å². The summed E-state index contributed by atoms with van der Waals surface area (Å²) in [5.41, 5.74) is 9.43. The molecule has 0 atom stereocenters. The summed E-state index contributed by atoms with van der Waals surface area (Å²) in [5.74, 6) is 0. The van der Waals surface area contributed by atoms with Crippen molar-refractivity contribution < 1.29 is 0 Å². The first-order valence-corrected chi connectivity index (χ1v) is 11.6. The second-order valence-electron chi connectivity index (χ2n) is 8.50. The molecule has 5 aromatic rings.